The number of amides is 3. The van der Waals surface area contributed by atoms with Crippen LogP contribution in [0.15, 0.2) is 53.6 Å². The molecule has 140 valence electrons. The van der Waals surface area contributed by atoms with E-state index < -0.39 is 11.6 Å². The van der Waals surface area contributed by atoms with Crippen molar-refractivity contribution < 1.29 is 19.1 Å². The van der Waals surface area contributed by atoms with E-state index in [1.807, 2.05) is 12.2 Å². The van der Waals surface area contributed by atoms with Gasteiger partial charge in [0.25, 0.3) is 5.91 Å². The minimum atomic E-state index is -0.925. The molecule has 0 bridgehead atoms. The zero-order valence-corrected chi connectivity index (χ0v) is 15.5. The lowest BCUT2D eigenvalue weighted by molar-refractivity contribution is -0.121. The molecule has 3 heterocycles. The molecule has 1 N–H and O–H groups in total. The number of urea groups is 1. The Morgan fingerprint density at radius 3 is 2.81 bits per heavy atom. The number of hydrogen-bond acceptors (Lipinski definition) is 5. The van der Waals surface area contributed by atoms with Crippen LogP contribution >= 0.6 is 0 Å². The summed E-state index contributed by atoms with van der Waals surface area (Å²) in [5.41, 5.74) is 1.66. The number of ether oxygens (including phenoxy) is 2. The number of allylic oxidation sites excluding steroid dienone is 2. The maximum absolute atomic E-state index is 12.4. The number of pyridine rings is 1. The number of carbonyl (C=O) groups excluding carboxylic acids is 2. The van der Waals surface area contributed by atoms with E-state index in [1.165, 1.54) is 6.20 Å². The molecule has 7 nitrogen and oxygen atoms in total. The van der Waals surface area contributed by atoms with E-state index in [0.29, 0.717) is 17.3 Å². The van der Waals surface area contributed by atoms with Crippen LogP contribution in [0.4, 0.5) is 10.5 Å². The second kappa shape index (κ2) is 6.26. The predicted molar refractivity (Wildman–Crippen MR) is 99.0 cm³/mol. The van der Waals surface area contributed by atoms with Crippen molar-refractivity contribution in [2.45, 2.75) is 45.3 Å². The molecule has 1 aromatic rings. The summed E-state index contributed by atoms with van der Waals surface area (Å²) in [6.45, 7) is 5.40. The van der Waals surface area contributed by atoms with E-state index in [2.05, 4.69) is 17.2 Å². The van der Waals surface area contributed by atoms with E-state index in [-0.39, 0.29) is 12.0 Å². The number of fused-ring (bicyclic) bond motifs is 1. The highest BCUT2D eigenvalue weighted by atomic mass is 16.5. The Morgan fingerprint density at radius 2 is 2.19 bits per heavy atom. The molecule has 1 atom stereocenters. The van der Waals surface area contributed by atoms with Gasteiger partial charge in [0.1, 0.15) is 17.4 Å². The minimum Gasteiger partial charge on any atom is -0.493 e. The molecule has 3 aliphatic rings. The third-order valence-electron chi connectivity index (χ3n) is 4.84. The minimum absolute atomic E-state index is 0.00706. The molecule has 0 saturated carbocycles. The zero-order valence-electron chi connectivity index (χ0n) is 15.5. The molecule has 2 aliphatic heterocycles. The average Bonchev–Trinajstić information content (AvgIpc) is 3.15. The van der Waals surface area contributed by atoms with Crippen LogP contribution in [0.2, 0.25) is 0 Å². The Morgan fingerprint density at radius 1 is 1.37 bits per heavy atom. The lowest BCUT2D eigenvalue weighted by Crippen LogP contribution is -2.40. The molecule has 1 aromatic heterocycles. The third kappa shape index (κ3) is 2.89. The van der Waals surface area contributed by atoms with Crippen LogP contribution in [-0.4, -0.2) is 28.6 Å². The van der Waals surface area contributed by atoms with Gasteiger partial charge in [0.15, 0.2) is 0 Å². The Labute approximate surface area is 157 Å². The number of rotatable bonds is 4. The molecule has 0 spiro atoms. The van der Waals surface area contributed by atoms with Crippen molar-refractivity contribution >= 4 is 17.6 Å². The van der Waals surface area contributed by atoms with Crippen LogP contribution in [-0.2, 0) is 9.53 Å². The molecule has 1 fully saturated rings. The molecule has 27 heavy (non-hydrogen) atoms. The highest BCUT2D eigenvalue weighted by Gasteiger charge is 2.45. The Kier molecular flexibility index (Phi) is 4.02. The van der Waals surface area contributed by atoms with Gasteiger partial charge in [-0.15, -0.1) is 0 Å². The number of nitrogens with one attached hydrogen (secondary N) is 1. The molecule has 1 unspecified atom stereocenters. The number of hydrogen-bond donors (Lipinski definition) is 1. The van der Waals surface area contributed by atoms with Crippen LogP contribution in [0.3, 0.4) is 0 Å². The predicted octanol–water partition coefficient (Wildman–Crippen LogP) is 3.20. The summed E-state index contributed by atoms with van der Waals surface area (Å²) in [7, 11) is 0. The fourth-order valence-electron chi connectivity index (χ4n) is 3.41. The van der Waals surface area contributed by atoms with Crippen molar-refractivity contribution in [1.82, 2.24) is 10.3 Å². The van der Waals surface area contributed by atoms with Crippen molar-refractivity contribution in [1.29, 1.82) is 0 Å². The topological polar surface area (TPSA) is 80.8 Å². The summed E-state index contributed by atoms with van der Waals surface area (Å²) in [5.74, 6) is 0.792. The molecule has 4 rings (SSSR count). The lowest BCUT2D eigenvalue weighted by atomic mass is 9.94. The van der Waals surface area contributed by atoms with Crippen molar-refractivity contribution in [3.8, 4) is 5.88 Å². The number of imide groups is 1. The molecular weight excluding hydrogens is 346 g/mol. The number of nitrogens with zero attached hydrogens (tertiary/aromatic N) is 2. The van der Waals surface area contributed by atoms with Gasteiger partial charge in [0.05, 0.1) is 18.1 Å². The zero-order chi connectivity index (χ0) is 19.2. The number of aromatic nitrogens is 1. The van der Waals surface area contributed by atoms with Crippen LogP contribution in [0, 0.1) is 0 Å². The fourth-order valence-corrected chi connectivity index (χ4v) is 3.41. The van der Waals surface area contributed by atoms with Crippen LogP contribution < -0.4 is 15.0 Å². The first kappa shape index (κ1) is 17.3. The Bertz CT molecular complexity index is 896. The quantitative estimate of drug-likeness (QED) is 0.827. The van der Waals surface area contributed by atoms with Crippen molar-refractivity contribution in [2.24, 2.45) is 0 Å². The monoisotopic (exact) mass is 367 g/mol. The Hall–Kier alpha value is -3.09. The van der Waals surface area contributed by atoms with Crippen LogP contribution in [0.5, 0.6) is 5.88 Å². The highest BCUT2D eigenvalue weighted by Crippen LogP contribution is 2.36. The summed E-state index contributed by atoms with van der Waals surface area (Å²) < 4.78 is 11.7. The highest BCUT2D eigenvalue weighted by molar-refractivity contribution is 6.22. The first-order chi connectivity index (χ1) is 12.9. The molecule has 3 amide bonds. The summed E-state index contributed by atoms with van der Waals surface area (Å²) in [6.07, 6.45) is 8.89. The Balaban J connectivity index is 1.57. The average molecular weight is 367 g/mol. The van der Waals surface area contributed by atoms with E-state index in [0.717, 1.165) is 28.9 Å². The van der Waals surface area contributed by atoms with E-state index in [9.17, 15) is 9.59 Å². The number of carbonyl (C=O) groups is 2. The van der Waals surface area contributed by atoms with E-state index in [1.54, 1.807) is 32.2 Å². The third-order valence-corrected chi connectivity index (χ3v) is 4.84. The first-order valence-electron chi connectivity index (χ1n) is 8.97. The van der Waals surface area contributed by atoms with Gasteiger partial charge in [0, 0.05) is 17.2 Å². The SMILES string of the molecule is CCC1OC=C2CC=CC(Oc3ccc(N4C(=O)NC(C)(C)C4=O)cn3)=C21. The molecule has 1 aliphatic carbocycles. The van der Waals surface area contributed by atoms with Gasteiger partial charge in [-0.3, -0.25) is 4.79 Å². The van der Waals surface area contributed by atoms with Crippen molar-refractivity contribution in [2.75, 3.05) is 4.90 Å². The molecular formula is C20H21N3O4. The van der Waals surface area contributed by atoms with E-state index in [4.69, 9.17) is 9.47 Å². The standard InChI is InChI=1S/C20H21N3O4/c1-4-14-17-12(11-26-14)6-5-7-15(17)27-16-9-8-13(10-21-16)23-18(24)20(2,3)22-19(23)25/h5,7-11,14H,4,6H2,1-3H3,(H,22,25). The van der Waals surface area contributed by atoms with Gasteiger partial charge in [-0.1, -0.05) is 13.0 Å². The summed E-state index contributed by atoms with van der Waals surface area (Å²) in [6, 6.07) is 2.85. The lowest BCUT2D eigenvalue weighted by Gasteiger charge is -2.19. The summed E-state index contributed by atoms with van der Waals surface area (Å²) in [4.78, 5) is 29.8. The second-order valence-electron chi connectivity index (χ2n) is 7.21. The molecule has 0 aromatic carbocycles. The largest absolute Gasteiger partial charge is 0.493 e. The smallest absolute Gasteiger partial charge is 0.329 e. The molecule has 1 saturated heterocycles. The van der Waals surface area contributed by atoms with Crippen LogP contribution in [0.1, 0.15) is 33.6 Å². The fraction of sp³-hybridized carbons (Fsp3) is 0.350. The maximum Gasteiger partial charge on any atom is 0.329 e. The molecule has 7 heteroatoms. The van der Waals surface area contributed by atoms with Gasteiger partial charge >= 0.3 is 6.03 Å². The maximum atomic E-state index is 12.4. The summed E-state index contributed by atoms with van der Waals surface area (Å²) in [5, 5.41) is 2.65. The number of anilines is 1. The van der Waals surface area contributed by atoms with Gasteiger partial charge in [-0.25, -0.2) is 14.7 Å². The normalized spacial score (nSPS) is 23.1. The van der Waals surface area contributed by atoms with Crippen molar-refractivity contribution in [3.05, 3.63) is 53.6 Å². The first-order valence-corrected chi connectivity index (χ1v) is 8.97. The van der Waals surface area contributed by atoms with Gasteiger partial charge in [-0.05, 0) is 38.8 Å². The van der Waals surface area contributed by atoms with Crippen molar-refractivity contribution in [3.63, 3.8) is 0 Å². The van der Waals surface area contributed by atoms with Gasteiger partial charge in [-0.2, -0.15) is 0 Å². The van der Waals surface area contributed by atoms with Crippen LogP contribution in [0.25, 0.3) is 0 Å². The van der Waals surface area contributed by atoms with Gasteiger partial charge < -0.3 is 14.8 Å². The second-order valence-corrected chi connectivity index (χ2v) is 7.21. The van der Waals surface area contributed by atoms with E-state index >= 15 is 0 Å². The molecule has 0 radical (unpaired) electrons. The van der Waals surface area contributed by atoms with Gasteiger partial charge in [0.2, 0.25) is 5.88 Å². The summed E-state index contributed by atoms with van der Waals surface area (Å²) >= 11 is 0.